The molecule has 1 aromatic rings. The van der Waals surface area contributed by atoms with Gasteiger partial charge in [-0.1, -0.05) is 53.7 Å². The third kappa shape index (κ3) is 18.7. The highest BCUT2D eigenvalue weighted by Crippen LogP contribution is 2.11. The van der Waals surface area contributed by atoms with Gasteiger partial charge in [-0.25, -0.2) is 0 Å². The number of amides is 2. The van der Waals surface area contributed by atoms with E-state index in [-0.39, 0.29) is 54.5 Å². The fraction of sp³-hybridized carbons (Fsp3) is 0.688. The Labute approximate surface area is 262 Å². The van der Waals surface area contributed by atoms with Gasteiger partial charge in [0.2, 0.25) is 11.8 Å². The van der Waals surface area contributed by atoms with Crippen molar-refractivity contribution in [3.63, 3.8) is 0 Å². The van der Waals surface area contributed by atoms with Gasteiger partial charge in [0.25, 0.3) is 0 Å². The van der Waals surface area contributed by atoms with Crippen LogP contribution in [0.2, 0.25) is 0 Å². The zero-order valence-electron chi connectivity index (χ0n) is 27.3. The van der Waals surface area contributed by atoms with Crippen LogP contribution in [0, 0.1) is 17.8 Å². The first-order chi connectivity index (χ1) is 21.0. The van der Waals surface area contributed by atoms with Crippen molar-refractivity contribution in [3.05, 3.63) is 29.8 Å². The summed E-state index contributed by atoms with van der Waals surface area (Å²) in [5.41, 5.74) is 1.39. The molecular formula is C32H53N3O9. The van der Waals surface area contributed by atoms with E-state index in [1.807, 2.05) is 27.7 Å². The number of carbonyl (C=O) groups excluding carboxylic acids is 4. The number of nitrogens with one attached hydrogen (secondary N) is 3. The number of rotatable bonds is 25. The molecule has 1 atom stereocenters. The van der Waals surface area contributed by atoms with Gasteiger partial charge in [0.1, 0.15) is 12.4 Å². The van der Waals surface area contributed by atoms with Gasteiger partial charge < -0.3 is 39.6 Å². The van der Waals surface area contributed by atoms with Crippen LogP contribution in [0.25, 0.3) is 0 Å². The van der Waals surface area contributed by atoms with E-state index >= 15 is 0 Å². The molecule has 3 N–H and O–H groups in total. The maximum absolute atomic E-state index is 12.7. The van der Waals surface area contributed by atoms with Gasteiger partial charge in [-0.05, 0) is 23.6 Å². The van der Waals surface area contributed by atoms with Crippen LogP contribution in [-0.4, -0.2) is 95.6 Å². The monoisotopic (exact) mass is 623 g/mol. The van der Waals surface area contributed by atoms with Crippen LogP contribution < -0.4 is 16.0 Å². The van der Waals surface area contributed by atoms with Crippen LogP contribution in [0.3, 0.4) is 0 Å². The second-order valence-electron chi connectivity index (χ2n) is 11.2. The molecule has 12 nitrogen and oxygen atoms in total. The summed E-state index contributed by atoms with van der Waals surface area (Å²) < 4.78 is 27.1. The first-order valence-corrected chi connectivity index (χ1v) is 15.4. The number of Topliss-reactive ketones (excluding diaryl/α,β-unsaturated/α-hetero) is 1. The Morgan fingerprint density at radius 1 is 0.705 bits per heavy atom. The van der Waals surface area contributed by atoms with Crippen LogP contribution in [0.5, 0.6) is 0 Å². The average Bonchev–Trinajstić information content (AvgIpc) is 2.98. The lowest BCUT2D eigenvalue weighted by Crippen LogP contribution is -2.49. The summed E-state index contributed by atoms with van der Waals surface area (Å²) in [6.45, 7) is 15.1. The highest BCUT2D eigenvalue weighted by molar-refractivity contribution is 5.95. The molecule has 44 heavy (non-hydrogen) atoms. The molecule has 12 heteroatoms. The Morgan fingerprint density at radius 3 is 1.77 bits per heavy atom. The van der Waals surface area contributed by atoms with Crippen molar-refractivity contribution in [2.45, 2.75) is 60.6 Å². The van der Waals surface area contributed by atoms with Gasteiger partial charge in [-0.3, -0.25) is 19.2 Å². The van der Waals surface area contributed by atoms with E-state index in [0.717, 1.165) is 5.56 Å². The van der Waals surface area contributed by atoms with Crippen LogP contribution in [0.1, 0.15) is 53.5 Å². The highest BCUT2D eigenvalue weighted by atomic mass is 16.6. The van der Waals surface area contributed by atoms with E-state index < -0.39 is 6.04 Å². The van der Waals surface area contributed by atoms with Crippen molar-refractivity contribution in [2.24, 2.45) is 17.8 Å². The first-order valence-electron chi connectivity index (χ1n) is 15.4. The molecule has 0 spiro atoms. The molecule has 250 valence electrons. The smallest absolute Gasteiger partial charge is 0.308 e. The molecule has 0 saturated heterocycles. The number of hydrogen-bond donors (Lipinski definition) is 3. The van der Waals surface area contributed by atoms with E-state index in [1.165, 1.54) is 0 Å². The topological polar surface area (TPSA) is 151 Å². The molecule has 0 radical (unpaired) electrons. The number of benzene rings is 1. The summed E-state index contributed by atoms with van der Waals surface area (Å²) in [6.07, 6.45) is 0.430. The minimum absolute atomic E-state index is 0.00617. The Bertz CT molecular complexity index is 968. The molecule has 1 aromatic carbocycles. The fourth-order valence-corrected chi connectivity index (χ4v) is 3.63. The fourth-order valence-electron chi connectivity index (χ4n) is 3.63. The predicted octanol–water partition coefficient (Wildman–Crippen LogP) is 2.74. The quantitative estimate of drug-likeness (QED) is 0.110. The van der Waals surface area contributed by atoms with Crippen LogP contribution in [0.15, 0.2) is 24.3 Å². The molecular weight excluding hydrogens is 570 g/mol. The van der Waals surface area contributed by atoms with Crippen molar-refractivity contribution >= 4 is 29.3 Å². The molecule has 0 aromatic heterocycles. The molecule has 0 aliphatic rings. The standard InChI is InChI=1S/C32H53N3O9/c1-23(2)28(36)11-13-40-15-17-42-19-20-43-18-16-41-14-12-33-30(24(3)4)31(38)34-21-29(37)35-27-9-7-26(8-10-27)22-44-32(39)25(5)6/h7-10,23-25,30,33H,11-22H2,1-6H3,(H,34,38)(H,35,37). The Morgan fingerprint density at radius 2 is 1.25 bits per heavy atom. The van der Waals surface area contributed by atoms with Crippen molar-refractivity contribution in [1.82, 2.24) is 10.6 Å². The van der Waals surface area contributed by atoms with Crippen molar-refractivity contribution in [3.8, 4) is 0 Å². The van der Waals surface area contributed by atoms with E-state index in [0.29, 0.717) is 71.5 Å². The van der Waals surface area contributed by atoms with Gasteiger partial charge in [-0.2, -0.15) is 0 Å². The van der Waals surface area contributed by atoms with Gasteiger partial charge in [0.05, 0.1) is 71.4 Å². The predicted molar refractivity (Wildman–Crippen MR) is 167 cm³/mol. The maximum atomic E-state index is 12.7. The van der Waals surface area contributed by atoms with Crippen LogP contribution in [0.4, 0.5) is 5.69 Å². The Hall–Kier alpha value is -2.90. The summed E-state index contributed by atoms with van der Waals surface area (Å²) in [5.74, 6) is -0.835. The first kappa shape index (κ1) is 39.1. The molecule has 0 heterocycles. The Balaban J connectivity index is 2.12. The van der Waals surface area contributed by atoms with E-state index in [1.54, 1.807) is 38.1 Å². The second-order valence-corrected chi connectivity index (χ2v) is 11.2. The summed E-state index contributed by atoms with van der Waals surface area (Å²) in [7, 11) is 0. The summed E-state index contributed by atoms with van der Waals surface area (Å²) in [6, 6.07) is 6.49. The lowest BCUT2D eigenvalue weighted by Gasteiger charge is -2.21. The van der Waals surface area contributed by atoms with E-state index in [2.05, 4.69) is 16.0 Å². The largest absolute Gasteiger partial charge is 0.461 e. The van der Waals surface area contributed by atoms with Crippen LogP contribution >= 0.6 is 0 Å². The minimum atomic E-state index is -0.479. The average molecular weight is 624 g/mol. The molecule has 1 rings (SSSR count). The number of carbonyl (C=O) groups is 4. The van der Waals surface area contributed by atoms with Gasteiger partial charge in [-0.15, -0.1) is 0 Å². The second kappa shape index (κ2) is 23.5. The number of esters is 1. The highest BCUT2D eigenvalue weighted by Gasteiger charge is 2.22. The molecule has 0 fully saturated rings. The summed E-state index contributed by atoms with van der Waals surface area (Å²) >= 11 is 0. The number of ketones is 1. The van der Waals surface area contributed by atoms with E-state index in [4.69, 9.17) is 23.7 Å². The number of anilines is 1. The third-order valence-electron chi connectivity index (χ3n) is 6.33. The van der Waals surface area contributed by atoms with Gasteiger partial charge in [0, 0.05) is 24.6 Å². The summed E-state index contributed by atoms with van der Waals surface area (Å²) in [5, 5.41) is 8.61. The third-order valence-corrected chi connectivity index (χ3v) is 6.33. The van der Waals surface area contributed by atoms with Crippen molar-refractivity contribution < 1.29 is 42.9 Å². The molecule has 0 aliphatic heterocycles. The Kier molecular flexibility index (Phi) is 20.9. The zero-order valence-corrected chi connectivity index (χ0v) is 27.3. The number of hydrogen-bond acceptors (Lipinski definition) is 10. The van der Waals surface area contributed by atoms with E-state index in [9.17, 15) is 19.2 Å². The zero-order chi connectivity index (χ0) is 32.7. The lowest BCUT2D eigenvalue weighted by atomic mass is 10.0. The SMILES string of the molecule is CC(C)C(=O)CCOCCOCCOCCOCCNC(C(=O)NCC(=O)Nc1ccc(COC(=O)C(C)C)cc1)C(C)C. The lowest BCUT2D eigenvalue weighted by molar-refractivity contribution is -0.148. The van der Waals surface area contributed by atoms with Crippen molar-refractivity contribution in [1.29, 1.82) is 0 Å². The van der Waals surface area contributed by atoms with Crippen molar-refractivity contribution in [2.75, 3.05) is 71.3 Å². The minimum Gasteiger partial charge on any atom is -0.461 e. The molecule has 2 amide bonds. The molecule has 0 aliphatic carbocycles. The summed E-state index contributed by atoms with van der Waals surface area (Å²) in [4.78, 5) is 48.1. The molecule has 1 unspecified atom stereocenters. The maximum Gasteiger partial charge on any atom is 0.308 e. The normalized spacial score (nSPS) is 12.0. The van der Waals surface area contributed by atoms with Crippen LogP contribution in [-0.2, 0) is 49.5 Å². The van der Waals surface area contributed by atoms with Gasteiger partial charge >= 0.3 is 5.97 Å². The molecule has 0 saturated carbocycles. The molecule has 0 bridgehead atoms. The van der Waals surface area contributed by atoms with Gasteiger partial charge in [0.15, 0.2) is 0 Å². The number of ether oxygens (including phenoxy) is 5.